The molecule has 1 heterocycles. The lowest BCUT2D eigenvalue weighted by Gasteiger charge is -2.23. The van der Waals surface area contributed by atoms with Crippen LogP contribution in [0.25, 0.3) is 10.8 Å². The van der Waals surface area contributed by atoms with E-state index in [4.69, 9.17) is 6.11 Å². The van der Waals surface area contributed by atoms with Crippen molar-refractivity contribution in [2.45, 2.75) is 18.8 Å². The Kier molecular flexibility index (Phi) is 3.06. The summed E-state index contributed by atoms with van der Waals surface area (Å²) in [4.78, 5) is 13.8. The number of carbonyl (C=O) groups excluding carboxylic acids is 1. The van der Waals surface area contributed by atoms with Crippen LogP contribution < -0.4 is 0 Å². The molecular formula is C16H13BrO2. The fraction of sp³-hybridized carbons (Fsp3) is 0.188. The molecule has 2 aromatic carbocycles. The van der Waals surface area contributed by atoms with E-state index in [9.17, 15) is 4.79 Å². The Hall–Kier alpha value is -1.61. The van der Waals surface area contributed by atoms with E-state index in [0.717, 1.165) is 29.2 Å². The van der Waals surface area contributed by atoms with Crippen LogP contribution in [0.2, 0.25) is 0 Å². The number of hydrogen-bond acceptors (Lipinski definition) is 2. The van der Waals surface area contributed by atoms with E-state index >= 15 is 0 Å². The average Bonchev–Trinajstić information content (AvgIpc) is 2.48. The molecule has 1 atom stereocenters. The largest absolute Gasteiger partial charge is 0.430 e. The van der Waals surface area contributed by atoms with E-state index in [1.807, 2.05) is 30.3 Å². The first-order chi connectivity index (χ1) is 9.70. The fourth-order valence-corrected chi connectivity index (χ4v) is 2.81. The second kappa shape index (κ2) is 5.17. The van der Waals surface area contributed by atoms with Gasteiger partial charge in [0, 0.05) is 11.4 Å². The van der Waals surface area contributed by atoms with Gasteiger partial charge in [-0.15, -0.1) is 0 Å². The van der Waals surface area contributed by atoms with Crippen LogP contribution in [0.4, 0.5) is 0 Å². The van der Waals surface area contributed by atoms with Crippen molar-refractivity contribution in [3.8, 4) is 0 Å². The molecule has 2 nitrogen and oxygen atoms in total. The number of benzene rings is 2. The third-order valence-corrected chi connectivity index (χ3v) is 3.94. The summed E-state index contributed by atoms with van der Waals surface area (Å²) < 4.78 is 13.3. The standard InChI is InChI=1S/C16H13BrO2/c17-10-12-8-9-15(16(18)19-12)14-7-3-5-11-4-1-2-6-13(11)14/h1-7,10,15H,8-9H2/b12-10+/i5T. The van der Waals surface area contributed by atoms with Gasteiger partial charge in [-0.1, -0.05) is 58.4 Å². The lowest BCUT2D eigenvalue weighted by molar-refractivity contribution is -0.143. The molecular weight excluding hydrogens is 304 g/mol. The maximum absolute atomic E-state index is 12.2. The Labute approximate surface area is 121 Å². The summed E-state index contributed by atoms with van der Waals surface area (Å²) in [7, 11) is 0. The molecule has 0 saturated carbocycles. The number of hydrogen-bond donors (Lipinski definition) is 0. The van der Waals surface area contributed by atoms with E-state index in [1.165, 1.54) is 0 Å². The van der Waals surface area contributed by atoms with Crippen molar-refractivity contribution in [1.82, 2.24) is 0 Å². The van der Waals surface area contributed by atoms with Gasteiger partial charge in [0.15, 0.2) is 0 Å². The Morgan fingerprint density at radius 3 is 2.95 bits per heavy atom. The Morgan fingerprint density at radius 1 is 1.32 bits per heavy atom. The molecule has 0 amide bonds. The van der Waals surface area contributed by atoms with Crippen molar-refractivity contribution in [1.29, 1.82) is 0 Å². The number of carbonyl (C=O) groups is 1. The third-order valence-electron chi connectivity index (χ3n) is 3.43. The van der Waals surface area contributed by atoms with Crippen LogP contribution in [0.15, 0.2) is 53.2 Å². The SMILES string of the molecule is [3H]c1ccc(C2CC/C(=C\Br)OC2=O)c2ccccc12. The van der Waals surface area contributed by atoms with Crippen LogP contribution in [0.1, 0.15) is 25.7 Å². The van der Waals surface area contributed by atoms with Crippen molar-refractivity contribution in [3.63, 3.8) is 0 Å². The number of esters is 1. The Bertz CT molecular complexity index is 709. The van der Waals surface area contributed by atoms with Crippen LogP contribution in [0.3, 0.4) is 0 Å². The zero-order valence-corrected chi connectivity index (χ0v) is 11.8. The molecule has 0 radical (unpaired) electrons. The predicted molar refractivity (Wildman–Crippen MR) is 79.0 cm³/mol. The zero-order valence-electron chi connectivity index (χ0n) is 11.2. The molecule has 19 heavy (non-hydrogen) atoms. The first kappa shape index (κ1) is 11.2. The van der Waals surface area contributed by atoms with Crippen LogP contribution in [-0.2, 0) is 9.53 Å². The summed E-state index contributed by atoms with van der Waals surface area (Å²) in [5.41, 5.74) is 0.954. The van der Waals surface area contributed by atoms with Crippen molar-refractivity contribution in [2.24, 2.45) is 0 Å². The quantitative estimate of drug-likeness (QED) is 0.724. The van der Waals surface area contributed by atoms with Gasteiger partial charge in [0.25, 0.3) is 0 Å². The molecule has 1 aliphatic rings. The number of rotatable bonds is 1. The van der Waals surface area contributed by atoms with Gasteiger partial charge < -0.3 is 4.74 Å². The van der Waals surface area contributed by atoms with E-state index in [2.05, 4.69) is 15.9 Å². The zero-order chi connectivity index (χ0) is 14.1. The number of fused-ring (bicyclic) bond motifs is 1. The van der Waals surface area contributed by atoms with Gasteiger partial charge in [-0.05, 0) is 22.8 Å². The number of allylic oxidation sites excluding steroid dienone is 1. The second-order valence-corrected chi connectivity index (χ2v) is 5.02. The highest BCUT2D eigenvalue weighted by atomic mass is 79.9. The number of cyclic esters (lactones) is 1. The average molecular weight is 319 g/mol. The number of ether oxygens (including phenoxy) is 1. The van der Waals surface area contributed by atoms with Gasteiger partial charge >= 0.3 is 5.97 Å². The minimum Gasteiger partial charge on any atom is -0.430 e. The molecule has 2 aromatic rings. The van der Waals surface area contributed by atoms with Crippen molar-refractivity contribution in [3.05, 3.63) is 58.7 Å². The Balaban J connectivity index is 2.07. The highest BCUT2D eigenvalue weighted by Gasteiger charge is 2.29. The molecule has 0 N–H and O–H groups in total. The molecule has 0 aromatic heterocycles. The molecule has 1 fully saturated rings. The van der Waals surface area contributed by atoms with E-state index in [0.29, 0.717) is 11.8 Å². The van der Waals surface area contributed by atoms with E-state index < -0.39 is 0 Å². The summed E-state index contributed by atoms with van der Waals surface area (Å²) in [5.74, 6) is 0.203. The Morgan fingerprint density at radius 2 is 2.16 bits per heavy atom. The molecule has 1 aliphatic heterocycles. The fourth-order valence-electron chi connectivity index (χ4n) is 2.49. The smallest absolute Gasteiger partial charge is 0.318 e. The van der Waals surface area contributed by atoms with Crippen LogP contribution in [0, 0.1) is 0 Å². The van der Waals surface area contributed by atoms with Crippen molar-refractivity contribution >= 4 is 32.7 Å². The van der Waals surface area contributed by atoms with Crippen LogP contribution in [0.5, 0.6) is 0 Å². The van der Waals surface area contributed by atoms with E-state index in [1.54, 1.807) is 11.1 Å². The maximum Gasteiger partial charge on any atom is 0.318 e. The molecule has 0 bridgehead atoms. The molecule has 1 saturated heterocycles. The summed E-state index contributed by atoms with van der Waals surface area (Å²) in [6, 6.07) is 11.8. The molecule has 3 rings (SSSR count). The molecule has 0 aliphatic carbocycles. The van der Waals surface area contributed by atoms with Crippen molar-refractivity contribution in [2.75, 3.05) is 0 Å². The van der Waals surface area contributed by atoms with Gasteiger partial charge in [-0.2, -0.15) is 0 Å². The predicted octanol–water partition coefficient (Wildman–Crippen LogP) is 4.50. The minimum absolute atomic E-state index is 0.218. The maximum atomic E-state index is 12.2. The number of halogens is 1. The minimum atomic E-state index is -0.253. The van der Waals surface area contributed by atoms with Gasteiger partial charge in [0.2, 0.25) is 0 Å². The van der Waals surface area contributed by atoms with Gasteiger partial charge in [-0.25, -0.2) is 0 Å². The topological polar surface area (TPSA) is 26.3 Å². The lowest BCUT2D eigenvalue weighted by Crippen LogP contribution is -2.21. The molecule has 3 heteroatoms. The summed E-state index contributed by atoms with van der Waals surface area (Å²) >= 11 is 3.20. The summed E-state index contributed by atoms with van der Waals surface area (Å²) in [6.07, 6.45) is 1.47. The van der Waals surface area contributed by atoms with Gasteiger partial charge in [0.1, 0.15) is 5.76 Å². The van der Waals surface area contributed by atoms with Crippen LogP contribution in [-0.4, -0.2) is 5.97 Å². The monoisotopic (exact) mass is 318 g/mol. The van der Waals surface area contributed by atoms with E-state index in [-0.39, 0.29) is 11.9 Å². The van der Waals surface area contributed by atoms with Crippen molar-refractivity contribution < 1.29 is 10.9 Å². The van der Waals surface area contributed by atoms with Crippen LogP contribution >= 0.6 is 15.9 Å². The highest BCUT2D eigenvalue weighted by Crippen LogP contribution is 2.35. The first-order valence-corrected chi connectivity index (χ1v) is 7.11. The summed E-state index contributed by atoms with van der Waals surface area (Å²) in [6.45, 7) is 0. The third kappa shape index (κ3) is 2.30. The summed E-state index contributed by atoms with van der Waals surface area (Å²) in [5, 5.41) is 1.84. The molecule has 96 valence electrons. The molecule has 1 unspecified atom stereocenters. The molecule has 0 spiro atoms. The lowest BCUT2D eigenvalue weighted by atomic mass is 9.88. The second-order valence-electron chi connectivity index (χ2n) is 4.57. The normalized spacial score (nSPS) is 22.4. The highest BCUT2D eigenvalue weighted by molar-refractivity contribution is 9.11. The first-order valence-electron chi connectivity index (χ1n) is 6.70. The van der Waals surface area contributed by atoms with Gasteiger partial charge in [0.05, 0.1) is 7.29 Å². The van der Waals surface area contributed by atoms with Gasteiger partial charge in [-0.3, -0.25) is 4.79 Å².